The molecule has 58 valence electrons. The van der Waals surface area contributed by atoms with Crippen molar-refractivity contribution in [2.24, 2.45) is 0 Å². The number of halogens is 2. The number of rotatable bonds is 2. The van der Waals surface area contributed by atoms with Crippen LogP contribution in [-0.4, -0.2) is 16.1 Å². The predicted octanol–water partition coefficient (Wildman–Crippen LogP) is 1.80. The molecule has 0 saturated heterocycles. The zero-order valence-electron chi connectivity index (χ0n) is 5.55. The van der Waals surface area contributed by atoms with Gasteiger partial charge in [0, 0.05) is 11.8 Å². The minimum Gasteiger partial charge on any atom is -0.293 e. The molecule has 0 saturated carbocycles. The van der Waals surface area contributed by atoms with Crippen LogP contribution >= 0.6 is 15.9 Å². The summed E-state index contributed by atoms with van der Waals surface area (Å²) in [4.78, 5) is 14.3. The zero-order chi connectivity index (χ0) is 8.27. The number of Topliss-reactive ketones (excluding diaryl/α,β-unsaturated/α-hetero) is 1. The Balaban J connectivity index is 2.90. The number of hydrogen-bond donors (Lipinski definition) is 0. The Morgan fingerprint density at radius 1 is 1.64 bits per heavy atom. The summed E-state index contributed by atoms with van der Waals surface area (Å²) in [6.07, 6.45) is 1.22. The van der Waals surface area contributed by atoms with Crippen molar-refractivity contribution in [1.29, 1.82) is 0 Å². The Kier molecular flexibility index (Phi) is 2.70. The van der Waals surface area contributed by atoms with E-state index in [-0.39, 0.29) is 11.1 Å². The lowest BCUT2D eigenvalue weighted by molar-refractivity contribution is 0.102. The third kappa shape index (κ3) is 2.08. The first-order chi connectivity index (χ1) is 5.24. The van der Waals surface area contributed by atoms with Crippen molar-refractivity contribution in [2.45, 2.75) is 0 Å². The number of alkyl halides is 1. The van der Waals surface area contributed by atoms with E-state index in [0.717, 1.165) is 6.07 Å². The maximum Gasteiger partial charge on any atom is 0.212 e. The van der Waals surface area contributed by atoms with E-state index in [1.54, 1.807) is 0 Å². The first kappa shape index (κ1) is 8.33. The van der Waals surface area contributed by atoms with Crippen LogP contribution in [0, 0.1) is 5.95 Å². The van der Waals surface area contributed by atoms with Gasteiger partial charge in [0.25, 0.3) is 0 Å². The molecule has 1 aromatic rings. The van der Waals surface area contributed by atoms with E-state index in [1.165, 1.54) is 12.3 Å². The summed E-state index contributed by atoms with van der Waals surface area (Å²) in [7, 11) is 0. The molecule has 0 N–H and O–H groups in total. The lowest BCUT2D eigenvalue weighted by Gasteiger charge is -1.93. The standard InChI is InChI=1S/C7H5BrFNO/c8-3-6(11)5-1-2-7(9)10-4-5/h1-2,4H,3H2. The van der Waals surface area contributed by atoms with Crippen molar-refractivity contribution in [3.8, 4) is 0 Å². The summed E-state index contributed by atoms with van der Waals surface area (Å²) in [5.74, 6) is -0.673. The van der Waals surface area contributed by atoms with Crippen LogP contribution in [0.1, 0.15) is 10.4 Å². The van der Waals surface area contributed by atoms with Crippen LogP contribution in [-0.2, 0) is 0 Å². The van der Waals surface area contributed by atoms with Gasteiger partial charge in [0.15, 0.2) is 5.78 Å². The van der Waals surface area contributed by atoms with Crippen LogP contribution in [0.5, 0.6) is 0 Å². The van der Waals surface area contributed by atoms with E-state index in [9.17, 15) is 9.18 Å². The molecule has 1 heterocycles. The van der Waals surface area contributed by atoms with E-state index in [1.807, 2.05) is 0 Å². The van der Waals surface area contributed by atoms with Gasteiger partial charge < -0.3 is 0 Å². The van der Waals surface area contributed by atoms with E-state index in [4.69, 9.17) is 0 Å². The molecule has 0 aromatic carbocycles. The fourth-order valence-corrected chi connectivity index (χ4v) is 0.942. The highest BCUT2D eigenvalue weighted by atomic mass is 79.9. The normalized spacial score (nSPS) is 9.64. The lowest BCUT2D eigenvalue weighted by Crippen LogP contribution is -2.00. The molecule has 11 heavy (non-hydrogen) atoms. The quantitative estimate of drug-likeness (QED) is 0.430. The van der Waals surface area contributed by atoms with Crippen molar-refractivity contribution in [2.75, 3.05) is 5.33 Å². The highest BCUT2D eigenvalue weighted by molar-refractivity contribution is 9.09. The highest BCUT2D eigenvalue weighted by Gasteiger charge is 2.02. The van der Waals surface area contributed by atoms with Crippen LogP contribution < -0.4 is 0 Å². The number of nitrogens with zero attached hydrogens (tertiary/aromatic N) is 1. The second kappa shape index (κ2) is 3.57. The molecule has 0 amide bonds. The van der Waals surface area contributed by atoms with Gasteiger partial charge in [-0.2, -0.15) is 4.39 Å². The minimum absolute atomic E-state index is 0.0995. The third-order valence-corrected chi connectivity index (χ3v) is 1.68. The summed E-state index contributed by atoms with van der Waals surface area (Å²) >= 11 is 3.00. The Morgan fingerprint density at radius 2 is 2.36 bits per heavy atom. The fourth-order valence-electron chi connectivity index (χ4n) is 0.618. The second-order valence-corrected chi connectivity index (χ2v) is 2.49. The van der Waals surface area contributed by atoms with Crippen molar-refractivity contribution in [1.82, 2.24) is 4.98 Å². The summed E-state index contributed by atoms with van der Waals surface area (Å²) in [6, 6.07) is 2.57. The van der Waals surface area contributed by atoms with Crippen molar-refractivity contribution in [3.63, 3.8) is 0 Å². The number of carbonyl (C=O) groups excluding carboxylic acids is 1. The Bertz CT molecular complexity index is 260. The van der Waals surface area contributed by atoms with E-state index < -0.39 is 5.95 Å². The molecule has 0 radical (unpaired) electrons. The smallest absolute Gasteiger partial charge is 0.212 e. The molecule has 1 rings (SSSR count). The average Bonchev–Trinajstić information content (AvgIpc) is 2.05. The monoisotopic (exact) mass is 217 g/mol. The van der Waals surface area contributed by atoms with Crippen molar-refractivity contribution in [3.05, 3.63) is 29.8 Å². The number of aromatic nitrogens is 1. The molecule has 0 bridgehead atoms. The molecule has 0 atom stereocenters. The molecular formula is C7H5BrFNO. The van der Waals surface area contributed by atoms with Crippen LogP contribution in [0.2, 0.25) is 0 Å². The van der Waals surface area contributed by atoms with Crippen molar-refractivity contribution < 1.29 is 9.18 Å². The number of carbonyl (C=O) groups is 1. The topological polar surface area (TPSA) is 30.0 Å². The fraction of sp³-hybridized carbons (Fsp3) is 0.143. The van der Waals surface area contributed by atoms with Gasteiger partial charge in [-0.1, -0.05) is 15.9 Å². The van der Waals surface area contributed by atoms with Crippen LogP contribution in [0.4, 0.5) is 4.39 Å². The molecule has 1 aromatic heterocycles. The summed E-state index contributed by atoms with van der Waals surface area (Å²) < 4.78 is 12.2. The van der Waals surface area contributed by atoms with Gasteiger partial charge in [0.05, 0.1) is 5.33 Å². The maximum atomic E-state index is 12.2. The highest BCUT2D eigenvalue weighted by Crippen LogP contribution is 2.01. The Hall–Kier alpha value is -0.770. The maximum absolute atomic E-state index is 12.2. The summed E-state index contributed by atoms with van der Waals surface area (Å²) in [5, 5.41) is 0.236. The average molecular weight is 218 g/mol. The third-order valence-electron chi connectivity index (χ3n) is 1.17. The first-order valence-electron chi connectivity index (χ1n) is 2.95. The summed E-state index contributed by atoms with van der Waals surface area (Å²) in [5.41, 5.74) is 0.420. The molecule has 0 aliphatic rings. The minimum atomic E-state index is -0.573. The summed E-state index contributed by atoms with van der Waals surface area (Å²) in [6.45, 7) is 0. The molecule has 4 heteroatoms. The van der Waals surface area contributed by atoms with Crippen LogP contribution in [0.3, 0.4) is 0 Å². The molecule has 0 fully saturated rings. The molecule has 2 nitrogen and oxygen atoms in total. The lowest BCUT2D eigenvalue weighted by atomic mass is 10.2. The van der Waals surface area contributed by atoms with Gasteiger partial charge in [-0.25, -0.2) is 4.98 Å². The number of pyridine rings is 1. The largest absolute Gasteiger partial charge is 0.293 e. The van der Waals surface area contributed by atoms with E-state index in [2.05, 4.69) is 20.9 Å². The Morgan fingerprint density at radius 3 is 2.82 bits per heavy atom. The molecule has 0 spiro atoms. The van der Waals surface area contributed by atoms with Crippen LogP contribution in [0.15, 0.2) is 18.3 Å². The van der Waals surface area contributed by atoms with Crippen LogP contribution in [0.25, 0.3) is 0 Å². The first-order valence-corrected chi connectivity index (χ1v) is 4.07. The molecule has 0 unspecified atom stereocenters. The zero-order valence-corrected chi connectivity index (χ0v) is 7.14. The number of hydrogen-bond acceptors (Lipinski definition) is 2. The molecular weight excluding hydrogens is 213 g/mol. The predicted molar refractivity (Wildman–Crippen MR) is 42.3 cm³/mol. The van der Waals surface area contributed by atoms with E-state index >= 15 is 0 Å². The number of ketones is 1. The SMILES string of the molecule is O=C(CBr)c1ccc(F)nc1. The Labute approximate surface area is 71.6 Å². The molecule has 0 aliphatic heterocycles. The van der Waals surface area contributed by atoms with Gasteiger partial charge in [-0.3, -0.25) is 4.79 Å². The molecule has 0 aliphatic carbocycles. The van der Waals surface area contributed by atoms with Gasteiger partial charge in [0.2, 0.25) is 5.95 Å². The van der Waals surface area contributed by atoms with Crippen molar-refractivity contribution >= 4 is 21.7 Å². The van der Waals surface area contributed by atoms with E-state index in [0.29, 0.717) is 5.56 Å². The van der Waals surface area contributed by atoms with Gasteiger partial charge >= 0.3 is 0 Å². The van der Waals surface area contributed by atoms with Gasteiger partial charge in [-0.05, 0) is 12.1 Å². The van der Waals surface area contributed by atoms with Gasteiger partial charge in [0.1, 0.15) is 0 Å². The second-order valence-electron chi connectivity index (χ2n) is 1.93. The van der Waals surface area contributed by atoms with Gasteiger partial charge in [-0.15, -0.1) is 0 Å².